The summed E-state index contributed by atoms with van der Waals surface area (Å²) in [7, 11) is 0. The quantitative estimate of drug-likeness (QED) is 0.417. The molecular formula is C24H31ClN2O8. The van der Waals surface area contributed by atoms with E-state index < -0.39 is 59.1 Å². The molecule has 35 heavy (non-hydrogen) atoms. The van der Waals surface area contributed by atoms with Gasteiger partial charge >= 0.3 is 24.1 Å². The second kappa shape index (κ2) is 10.3. The molecule has 0 heterocycles. The highest BCUT2D eigenvalue weighted by atomic mass is 35.5. The lowest BCUT2D eigenvalue weighted by atomic mass is 9.89. The second-order valence-electron chi connectivity index (χ2n) is 9.48. The molecule has 0 radical (unpaired) electrons. The van der Waals surface area contributed by atoms with Gasteiger partial charge in [-0.15, -0.1) is 0 Å². The summed E-state index contributed by atoms with van der Waals surface area (Å²) in [6.45, 7) is 8.55. The number of carbonyl (C=O) groups excluding carboxylic acids is 4. The summed E-state index contributed by atoms with van der Waals surface area (Å²) in [4.78, 5) is 51.2. The summed E-state index contributed by atoms with van der Waals surface area (Å²) >= 11 is 5.96. The third-order valence-electron chi connectivity index (χ3n) is 5.85. The molecule has 11 heteroatoms. The van der Waals surface area contributed by atoms with Crippen molar-refractivity contribution in [2.24, 2.45) is 17.8 Å². The van der Waals surface area contributed by atoms with Crippen molar-refractivity contribution in [1.29, 1.82) is 0 Å². The van der Waals surface area contributed by atoms with E-state index in [0.29, 0.717) is 10.7 Å². The maximum Gasteiger partial charge on any atom is 0.411 e. The van der Waals surface area contributed by atoms with Crippen LogP contribution < -0.4 is 10.6 Å². The summed E-state index contributed by atoms with van der Waals surface area (Å²) in [6, 6.07) is 6.50. The van der Waals surface area contributed by atoms with Gasteiger partial charge in [-0.05, 0) is 52.8 Å². The molecule has 192 valence electrons. The van der Waals surface area contributed by atoms with Crippen LogP contribution in [0.1, 0.15) is 41.0 Å². The van der Waals surface area contributed by atoms with Crippen molar-refractivity contribution in [3.05, 3.63) is 29.3 Å². The van der Waals surface area contributed by atoms with Crippen LogP contribution >= 0.6 is 11.6 Å². The Bertz CT molecular complexity index is 994. The zero-order chi connectivity index (χ0) is 26.0. The molecule has 2 aliphatic carbocycles. The van der Waals surface area contributed by atoms with Gasteiger partial charge in [0, 0.05) is 29.0 Å². The van der Waals surface area contributed by atoms with Crippen LogP contribution in [0.2, 0.25) is 5.02 Å². The fourth-order valence-corrected chi connectivity index (χ4v) is 4.88. The molecule has 1 aromatic rings. The van der Waals surface area contributed by atoms with E-state index in [1.807, 2.05) is 0 Å². The number of hydrogen-bond donors (Lipinski definition) is 2. The minimum atomic E-state index is -1.62. The SMILES string of the molecule is CCOC(=O)C1C2C(OC(=O)Nc3cccc(Cl)c3)CC(NC(=O)OC(C)(C)C)(C(=O)OCC)C12. The first-order valence-electron chi connectivity index (χ1n) is 11.5. The van der Waals surface area contributed by atoms with E-state index in [-0.39, 0.29) is 19.6 Å². The van der Waals surface area contributed by atoms with Crippen molar-refractivity contribution < 1.29 is 38.1 Å². The van der Waals surface area contributed by atoms with Gasteiger partial charge in [-0.3, -0.25) is 10.1 Å². The predicted octanol–water partition coefficient (Wildman–Crippen LogP) is 3.91. The minimum Gasteiger partial charge on any atom is -0.466 e. The Kier molecular flexibility index (Phi) is 7.83. The van der Waals surface area contributed by atoms with E-state index in [2.05, 4.69) is 10.6 Å². The van der Waals surface area contributed by atoms with Gasteiger partial charge < -0.3 is 24.3 Å². The number of esters is 2. The van der Waals surface area contributed by atoms with Crippen LogP contribution in [0.4, 0.5) is 15.3 Å². The molecule has 2 fully saturated rings. The highest BCUT2D eigenvalue weighted by Crippen LogP contribution is 2.64. The molecule has 1 aromatic carbocycles. The Labute approximate surface area is 208 Å². The number of alkyl carbamates (subject to hydrolysis) is 1. The fraction of sp³-hybridized carbons (Fsp3) is 0.583. The van der Waals surface area contributed by atoms with Gasteiger partial charge in [0.2, 0.25) is 0 Å². The number of ether oxygens (including phenoxy) is 4. The zero-order valence-corrected chi connectivity index (χ0v) is 21.1. The Morgan fingerprint density at radius 1 is 1.09 bits per heavy atom. The number of rotatable bonds is 7. The Morgan fingerprint density at radius 2 is 1.77 bits per heavy atom. The number of amides is 2. The van der Waals surface area contributed by atoms with Gasteiger partial charge in [0.05, 0.1) is 19.1 Å². The van der Waals surface area contributed by atoms with Crippen LogP contribution in [0.3, 0.4) is 0 Å². The summed E-state index contributed by atoms with van der Waals surface area (Å²) in [5.41, 5.74) is -2.03. The normalized spacial score (nSPS) is 26.7. The first-order chi connectivity index (χ1) is 16.4. The van der Waals surface area contributed by atoms with E-state index >= 15 is 0 Å². The van der Waals surface area contributed by atoms with Crippen molar-refractivity contribution in [2.45, 2.75) is 58.3 Å². The largest absolute Gasteiger partial charge is 0.466 e. The maximum absolute atomic E-state index is 13.2. The van der Waals surface area contributed by atoms with Crippen molar-refractivity contribution in [1.82, 2.24) is 5.32 Å². The van der Waals surface area contributed by atoms with E-state index in [1.165, 1.54) is 0 Å². The van der Waals surface area contributed by atoms with Gasteiger partial charge in [-0.2, -0.15) is 0 Å². The maximum atomic E-state index is 13.2. The molecule has 3 rings (SSSR count). The number of benzene rings is 1. The molecule has 5 atom stereocenters. The van der Waals surface area contributed by atoms with E-state index in [9.17, 15) is 19.2 Å². The van der Waals surface area contributed by atoms with Crippen LogP contribution in [-0.2, 0) is 28.5 Å². The van der Waals surface area contributed by atoms with Crippen LogP contribution in [0.15, 0.2) is 24.3 Å². The minimum absolute atomic E-state index is 0.0544. The average Bonchev–Trinajstić information content (AvgIpc) is 3.41. The standard InChI is InChI=1S/C24H31ClN2O8/c1-6-32-19(28)17-16-15(34-21(30)26-14-10-8-9-13(25)11-14)12-24(18(16)17,20(29)33-7-2)27-22(31)35-23(3,4)5/h8-11,15-18H,6-7,12H2,1-5H3,(H,26,30)(H,27,31). The molecule has 2 N–H and O–H groups in total. The number of hydrogen-bond acceptors (Lipinski definition) is 8. The highest BCUT2D eigenvalue weighted by Gasteiger charge is 2.77. The molecule has 2 amide bonds. The van der Waals surface area contributed by atoms with Gasteiger partial charge in [0.1, 0.15) is 17.2 Å². The lowest BCUT2D eigenvalue weighted by Gasteiger charge is -2.33. The fourth-order valence-electron chi connectivity index (χ4n) is 4.69. The average molecular weight is 511 g/mol. The number of nitrogens with one attached hydrogen (secondary N) is 2. The molecule has 0 spiro atoms. The van der Waals surface area contributed by atoms with Crippen molar-refractivity contribution in [3.8, 4) is 0 Å². The summed E-state index contributed by atoms with van der Waals surface area (Å²) < 4.78 is 21.4. The molecule has 10 nitrogen and oxygen atoms in total. The molecule has 0 aliphatic heterocycles. The van der Waals surface area contributed by atoms with Crippen molar-refractivity contribution in [3.63, 3.8) is 0 Å². The third-order valence-corrected chi connectivity index (χ3v) is 6.08. The van der Waals surface area contributed by atoms with Crippen LogP contribution in [0, 0.1) is 17.8 Å². The first-order valence-corrected chi connectivity index (χ1v) is 11.9. The van der Waals surface area contributed by atoms with E-state index in [0.717, 1.165) is 0 Å². The Balaban J connectivity index is 1.87. The molecule has 0 bridgehead atoms. The smallest absolute Gasteiger partial charge is 0.411 e. The number of halogens is 1. The van der Waals surface area contributed by atoms with Gasteiger partial charge in [0.25, 0.3) is 0 Å². The van der Waals surface area contributed by atoms with Gasteiger partial charge in [-0.1, -0.05) is 17.7 Å². The highest BCUT2D eigenvalue weighted by molar-refractivity contribution is 6.30. The summed E-state index contributed by atoms with van der Waals surface area (Å²) in [5, 5.41) is 5.65. The lowest BCUT2D eigenvalue weighted by molar-refractivity contribution is -0.154. The molecule has 2 saturated carbocycles. The van der Waals surface area contributed by atoms with Crippen LogP contribution in [0.25, 0.3) is 0 Å². The van der Waals surface area contributed by atoms with Gasteiger partial charge in [-0.25, -0.2) is 14.4 Å². The van der Waals surface area contributed by atoms with E-state index in [4.69, 9.17) is 30.5 Å². The summed E-state index contributed by atoms with van der Waals surface area (Å²) in [6.07, 6.45) is -2.59. The molecular weight excluding hydrogens is 480 g/mol. The van der Waals surface area contributed by atoms with Crippen LogP contribution in [-0.4, -0.2) is 54.6 Å². The van der Waals surface area contributed by atoms with Crippen LogP contribution in [0.5, 0.6) is 0 Å². The Hall–Kier alpha value is -3.01. The topological polar surface area (TPSA) is 129 Å². The number of carbonyl (C=O) groups is 4. The molecule has 0 aromatic heterocycles. The summed E-state index contributed by atoms with van der Waals surface area (Å²) in [5.74, 6) is -3.25. The van der Waals surface area contributed by atoms with E-state index in [1.54, 1.807) is 58.9 Å². The number of fused-ring (bicyclic) bond motifs is 1. The van der Waals surface area contributed by atoms with Crippen molar-refractivity contribution >= 4 is 41.4 Å². The van der Waals surface area contributed by atoms with Crippen molar-refractivity contribution in [2.75, 3.05) is 18.5 Å². The third kappa shape index (κ3) is 5.98. The lowest BCUT2D eigenvalue weighted by Crippen LogP contribution is -2.58. The molecule has 5 unspecified atom stereocenters. The molecule has 2 aliphatic rings. The predicted molar refractivity (Wildman–Crippen MR) is 126 cm³/mol. The first kappa shape index (κ1) is 26.6. The zero-order valence-electron chi connectivity index (χ0n) is 20.4. The number of anilines is 1. The molecule has 0 saturated heterocycles. The second-order valence-corrected chi connectivity index (χ2v) is 9.92. The Morgan fingerprint density at radius 3 is 2.37 bits per heavy atom. The monoisotopic (exact) mass is 510 g/mol. The van der Waals surface area contributed by atoms with Gasteiger partial charge in [0.15, 0.2) is 0 Å².